The van der Waals surface area contributed by atoms with Crippen LogP contribution in [0.4, 0.5) is 4.39 Å². The molecule has 1 aromatic carbocycles. The fraction of sp³-hybridized carbons (Fsp3) is 0.217. The van der Waals surface area contributed by atoms with Crippen LogP contribution in [0.5, 0.6) is 0 Å². The van der Waals surface area contributed by atoms with Gasteiger partial charge in [0.1, 0.15) is 11.5 Å². The Morgan fingerprint density at radius 2 is 1.94 bits per heavy atom. The maximum absolute atomic E-state index is 13.8. The predicted octanol–water partition coefficient (Wildman–Crippen LogP) is 5.97. The van der Waals surface area contributed by atoms with Crippen molar-refractivity contribution in [3.8, 4) is 11.1 Å². The van der Waals surface area contributed by atoms with Crippen molar-refractivity contribution in [2.24, 2.45) is 0 Å². The maximum atomic E-state index is 13.8. The number of benzene rings is 1. The molecule has 1 aliphatic rings. The van der Waals surface area contributed by atoms with Crippen molar-refractivity contribution < 1.29 is 4.39 Å². The van der Waals surface area contributed by atoms with Crippen molar-refractivity contribution in [3.05, 3.63) is 70.0 Å². The third-order valence-electron chi connectivity index (χ3n) is 5.69. The zero-order valence-corrected chi connectivity index (χ0v) is 18.1. The highest BCUT2D eigenvalue weighted by Crippen LogP contribution is 2.31. The Kier molecular flexibility index (Phi) is 5.52. The van der Waals surface area contributed by atoms with Gasteiger partial charge in [0.2, 0.25) is 0 Å². The van der Waals surface area contributed by atoms with Gasteiger partial charge in [-0.2, -0.15) is 5.10 Å². The Bertz CT molecular complexity index is 1270. The van der Waals surface area contributed by atoms with Crippen molar-refractivity contribution in [1.29, 1.82) is 0 Å². The van der Waals surface area contributed by atoms with Gasteiger partial charge in [-0.05, 0) is 44.1 Å². The van der Waals surface area contributed by atoms with Gasteiger partial charge in [0.05, 0.1) is 17.3 Å². The van der Waals surface area contributed by atoms with Crippen molar-refractivity contribution in [3.63, 3.8) is 0 Å². The van der Waals surface area contributed by atoms with E-state index in [4.69, 9.17) is 23.2 Å². The first-order valence-electron chi connectivity index (χ1n) is 10.1. The summed E-state index contributed by atoms with van der Waals surface area (Å²) in [4.78, 5) is 7.73. The van der Waals surface area contributed by atoms with E-state index in [-0.39, 0.29) is 5.02 Å². The topological polar surface area (TPSA) is 58.5 Å². The van der Waals surface area contributed by atoms with E-state index < -0.39 is 5.82 Å². The number of pyridine rings is 1. The van der Waals surface area contributed by atoms with E-state index in [1.54, 1.807) is 6.08 Å². The quantitative estimate of drug-likeness (QED) is 0.372. The van der Waals surface area contributed by atoms with Crippen molar-refractivity contribution in [2.75, 3.05) is 13.1 Å². The molecule has 0 saturated carbocycles. The van der Waals surface area contributed by atoms with Gasteiger partial charge < -0.3 is 10.3 Å². The Morgan fingerprint density at radius 1 is 1.10 bits per heavy atom. The predicted molar refractivity (Wildman–Crippen MR) is 124 cm³/mol. The van der Waals surface area contributed by atoms with Crippen LogP contribution in [0.15, 0.2) is 43.0 Å². The van der Waals surface area contributed by atoms with Crippen LogP contribution >= 0.6 is 23.2 Å². The van der Waals surface area contributed by atoms with Gasteiger partial charge in [0.25, 0.3) is 0 Å². The smallest absolute Gasteiger partial charge is 0.142 e. The second-order valence-electron chi connectivity index (χ2n) is 7.64. The molecule has 0 atom stereocenters. The van der Waals surface area contributed by atoms with Crippen molar-refractivity contribution >= 4 is 46.4 Å². The number of aromatic amines is 1. The van der Waals surface area contributed by atoms with Gasteiger partial charge in [-0.15, -0.1) is 0 Å². The minimum absolute atomic E-state index is 0.00716. The van der Waals surface area contributed by atoms with Gasteiger partial charge in [0, 0.05) is 51.3 Å². The van der Waals surface area contributed by atoms with Gasteiger partial charge in [-0.3, -0.25) is 4.68 Å². The first-order chi connectivity index (χ1) is 15.1. The molecule has 0 amide bonds. The minimum Gasteiger partial charge on any atom is -0.346 e. The van der Waals surface area contributed by atoms with E-state index in [9.17, 15) is 4.39 Å². The lowest BCUT2D eigenvalue weighted by Gasteiger charge is -2.22. The molecular formula is C23H20Cl2FN5. The number of nitrogens with one attached hydrogen (secondary N) is 2. The molecular weight excluding hydrogens is 436 g/mol. The largest absolute Gasteiger partial charge is 0.346 e. The molecule has 1 fully saturated rings. The third kappa shape index (κ3) is 3.99. The van der Waals surface area contributed by atoms with Crippen LogP contribution in [0.25, 0.3) is 34.3 Å². The molecule has 0 aliphatic carbocycles. The molecule has 5 nitrogen and oxygen atoms in total. The van der Waals surface area contributed by atoms with E-state index >= 15 is 0 Å². The molecule has 4 heterocycles. The highest BCUT2D eigenvalue weighted by atomic mass is 35.5. The molecule has 3 aromatic heterocycles. The number of hydrogen-bond donors (Lipinski definition) is 2. The summed E-state index contributed by atoms with van der Waals surface area (Å²) in [5.74, 6) is -0.501. The zero-order valence-electron chi connectivity index (χ0n) is 16.6. The number of hydrogen-bond acceptors (Lipinski definition) is 3. The van der Waals surface area contributed by atoms with Gasteiger partial charge in [-0.25, -0.2) is 9.37 Å². The maximum Gasteiger partial charge on any atom is 0.142 e. The number of H-pyrrole nitrogens is 1. The summed E-state index contributed by atoms with van der Waals surface area (Å²) >= 11 is 12.3. The summed E-state index contributed by atoms with van der Waals surface area (Å²) in [7, 11) is 0. The Labute approximate surface area is 188 Å². The number of rotatable bonds is 4. The van der Waals surface area contributed by atoms with Gasteiger partial charge >= 0.3 is 0 Å². The average Bonchev–Trinajstić information content (AvgIpc) is 3.44. The standard InChI is InChI=1S/C23H20Cl2FN5/c24-20-3-4-21(26)22(25)18(20)2-1-14-10-28-23-19(14)9-15(11-29-23)16-12-30-31(13-16)17-5-7-27-8-6-17/h1-4,9-13,17,27H,5-8H2,(H,28,29)/b2-1+. The number of fused-ring (bicyclic) bond motifs is 1. The number of piperidine rings is 1. The van der Waals surface area contributed by atoms with Crippen molar-refractivity contribution in [2.45, 2.75) is 18.9 Å². The highest BCUT2D eigenvalue weighted by molar-refractivity contribution is 6.37. The monoisotopic (exact) mass is 455 g/mol. The van der Waals surface area contributed by atoms with Crippen LogP contribution < -0.4 is 5.32 Å². The Morgan fingerprint density at radius 3 is 2.77 bits per heavy atom. The van der Waals surface area contributed by atoms with Crippen molar-refractivity contribution in [1.82, 2.24) is 25.1 Å². The summed E-state index contributed by atoms with van der Waals surface area (Å²) in [6.45, 7) is 2.04. The highest BCUT2D eigenvalue weighted by Gasteiger charge is 2.16. The molecule has 1 saturated heterocycles. The molecule has 0 unspecified atom stereocenters. The average molecular weight is 456 g/mol. The lowest BCUT2D eigenvalue weighted by atomic mass is 10.1. The summed E-state index contributed by atoms with van der Waals surface area (Å²) in [5.41, 5.74) is 4.14. The molecule has 0 spiro atoms. The van der Waals surface area contributed by atoms with E-state index in [2.05, 4.69) is 37.3 Å². The second kappa shape index (κ2) is 8.46. The normalized spacial score (nSPS) is 15.3. The Balaban J connectivity index is 1.47. The van der Waals surface area contributed by atoms with E-state index in [1.807, 2.05) is 24.7 Å². The molecule has 1 aliphatic heterocycles. The lowest BCUT2D eigenvalue weighted by Crippen LogP contribution is -2.29. The van der Waals surface area contributed by atoms with E-state index in [0.29, 0.717) is 16.6 Å². The lowest BCUT2D eigenvalue weighted by molar-refractivity contribution is 0.343. The van der Waals surface area contributed by atoms with Gasteiger partial charge in [-0.1, -0.05) is 35.4 Å². The van der Waals surface area contributed by atoms with Crippen LogP contribution in [-0.4, -0.2) is 32.8 Å². The molecule has 0 bridgehead atoms. The van der Waals surface area contributed by atoms with Crippen LogP contribution in [0.2, 0.25) is 10.0 Å². The number of nitrogens with zero attached hydrogens (tertiary/aromatic N) is 3. The number of halogens is 3. The molecule has 158 valence electrons. The first-order valence-corrected chi connectivity index (χ1v) is 10.9. The van der Waals surface area contributed by atoms with Crippen LogP contribution in [0, 0.1) is 5.82 Å². The molecule has 8 heteroatoms. The van der Waals surface area contributed by atoms with Crippen LogP contribution in [-0.2, 0) is 0 Å². The van der Waals surface area contributed by atoms with E-state index in [0.717, 1.165) is 53.7 Å². The Hall–Kier alpha value is -2.67. The molecule has 31 heavy (non-hydrogen) atoms. The summed E-state index contributed by atoms with van der Waals surface area (Å²) in [6.07, 6.45) is 13.4. The number of aromatic nitrogens is 4. The first kappa shape index (κ1) is 20.2. The second-order valence-corrected chi connectivity index (χ2v) is 8.43. The van der Waals surface area contributed by atoms with E-state index in [1.165, 1.54) is 12.1 Å². The summed E-state index contributed by atoms with van der Waals surface area (Å²) < 4.78 is 15.9. The van der Waals surface area contributed by atoms with Crippen LogP contribution in [0.3, 0.4) is 0 Å². The summed E-state index contributed by atoms with van der Waals surface area (Å²) in [5, 5.41) is 9.32. The molecule has 0 radical (unpaired) electrons. The van der Waals surface area contributed by atoms with Gasteiger partial charge in [0.15, 0.2) is 0 Å². The molecule has 5 rings (SSSR count). The molecule has 2 N–H and O–H groups in total. The SMILES string of the molecule is Fc1ccc(Cl)c(/C=C/c2c[nH]c3ncc(-c4cnn(C5CCNCC5)c4)cc23)c1Cl. The zero-order chi connectivity index (χ0) is 21.4. The minimum atomic E-state index is -0.501. The summed E-state index contributed by atoms with van der Waals surface area (Å²) in [6, 6.07) is 5.26. The molecule has 4 aromatic rings. The fourth-order valence-electron chi connectivity index (χ4n) is 3.95. The fourth-order valence-corrected chi connectivity index (χ4v) is 4.44. The van der Waals surface area contributed by atoms with Crippen LogP contribution in [0.1, 0.15) is 30.0 Å². The third-order valence-corrected chi connectivity index (χ3v) is 6.40.